The first kappa shape index (κ1) is 15.1. The van der Waals surface area contributed by atoms with Gasteiger partial charge < -0.3 is 20.1 Å². The van der Waals surface area contributed by atoms with Gasteiger partial charge in [0.15, 0.2) is 0 Å². The monoisotopic (exact) mass is 257 g/mol. The van der Waals surface area contributed by atoms with Crippen molar-refractivity contribution < 1.29 is 14.4 Å². The minimum absolute atomic E-state index is 0.143. The zero-order valence-corrected chi connectivity index (χ0v) is 11.5. The van der Waals surface area contributed by atoms with Crippen molar-refractivity contribution in [3.63, 3.8) is 0 Å². The lowest BCUT2D eigenvalue weighted by atomic mass is 9.88. The van der Waals surface area contributed by atoms with Crippen LogP contribution in [0.3, 0.4) is 0 Å². The first-order valence-electron chi connectivity index (χ1n) is 6.23. The molecule has 2 atom stereocenters. The van der Waals surface area contributed by atoms with Gasteiger partial charge in [-0.25, -0.2) is 0 Å². The summed E-state index contributed by atoms with van der Waals surface area (Å²) in [4.78, 5) is 4.21. The van der Waals surface area contributed by atoms with Crippen LogP contribution in [0, 0.1) is 5.41 Å². The average molecular weight is 257 g/mol. The molecule has 104 valence electrons. The molecule has 18 heavy (non-hydrogen) atoms. The molecule has 0 bridgehead atoms. The van der Waals surface area contributed by atoms with E-state index in [1.165, 1.54) is 0 Å². The van der Waals surface area contributed by atoms with E-state index in [-0.39, 0.29) is 17.4 Å². The van der Waals surface area contributed by atoms with E-state index >= 15 is 0 Å². The van der Waals surface area contributed by atoms with Crippen LogP contribution < -0.4 is 5.73 Å². The maximum absolute atomic E-state index is 9.73. The van der Waals surface area contributed by atoms with Gasteiger partial charge in [-0.2, -0.15) is 4.98 Å². The van der Waals surface area contributed by atoms with Crippen LogP contribution >= 0.6 is 0 Å². The van der Waals surface area contributed by atoms with Crippen molar-refractivity contribution in [2.45, 2.75) is 46.3 Å². The number of nitrogens with zero attached hydrogens (tertiary/aromatic N) is 2. The van der Waals surface area contributed by atoms with Gasteiger partial charge in [0.1, 0.15) is 12.2 Å². The Hall–Kier alpha value is -0.980. The highest BCUT2D eigenvalue weighted by Gasteiger charge is 2.31. The largest absolute Gasteiger partial charge is 0.383 e. The lowest BCUT2D eigenvalue weighted by Crippen LogP contribution is -2.22. The zero-order valence-electron chi connectivity index (χ0n) is 11.5. The fraction of sp³-hybridized carbons (Fsp3) is 0.833. The summed E-state index contributed by atoms with van der Waals surface area (Å²) in [6.07, 6.45) is -0.667. The maximum Gasteiger partial charge on any atom is 0.255 e. The summed E-state index contributed by atoms with van der Waals surface area (Å²) in [5.74, 6) is 0.667. The Balaban J connectivity index is 2.87. The van der Waals surface area contributed by atoms with Crippen molar-refractivity contribution in [3.8, 4) is 0 Å². The molecule has 0 amide bonds. The maximum atomic E-state index is 9.73. The number of aliphatic hydroxyl groups excluding tert-OH is 1. The minimum Gasteiger partial charge on any atom is -0.383 e. The molecule has 0 aromatic carbocycles. The highest BCUT2D eigenvalue weighted by atomic mass is 16.5. The Kier molecular flexibility index (Phi) is 5.25. The summed E-state index contributed by atoms with van der Waals surface area (Å²) >= 11 is 0. The topological polar surface area (TPSA) is 94.4 Å². The Labute approximate surface area is 108 Å². The highest BCUT2D eigenvalue weighted by molar-refractivity contribution is 4.98. The summed E-state index contributed by atoms with van der Waals surface area (Å²) in [6.45, 7) is 8.98. The molecule has 1 aromatic rings. The second-order valence-electron chi connectivity index (χ2n) is 5.29. The molecule has 3 N–H and O–H groups in total. The van der Waals surface area contributed by atoms with Crippen molar-refractivity contribution in [1.82, 2.24) is 10.1 Å². The average Bonchev–Trinajstić information content (AvgIpc) is 2.73. The second-order valence-corrected chi connectivity index (χ2v) is 5.29. The fourth-order valence-corrected chi connectivity index (χ4v) is 1.65. The molecule has 1 rings (SSSR count). The summed E-state index contributed by atoms with van der Waals surface area (Å²) in [6, 6.07) is 0. The van der Waals surface area contributed by atoms with Gasteiger partial charge in [-0.05, 0) is 25.3 Å². The molecule has 0 spiro atoms. The molecule has 0 aliphatic carbocycles. The number of hydrogen-bond acceptors (Lipinski definition) is 6. The first-order valence-corrected chi connectivity index (χ1v) is 6.23. The standard InChI is InChI=1S/C12H23N3O3/c1-5-17-9(12(2,3)4)10-14-11(18-15-10)8(16)6-7-13/h8-9,16H,5-7,13H2,1-4H3/t8-,9?/m0/s1. The predicted octanol–water partition coefficient (Wildman–Crippen LogP) is 1.58. The van der Waals surface area contributed by atoms with Gasteiger partial charge >= 0.3 is 0 Å². The first-order chi connectivity index (χ1) is 8.40. The molecule has 0 saturated heterocycles. The second kappa shape index (κ2) is 6.26. The Morgan fingerprint density at radius 1 is 1.44 bits per heavy atom. The molecule has 0 aliphatic rings. The molecule has 0 fully saturated rings. The number of nitrogens with two attached hydrogens (primary N) is 1. The lowest BCUT2D eigenvalue weighted by Gasteiger charge is -2.27. The zero-order chi connectivity index (χ0) is 13.8. The lowest BCUT2D eigenvalue weighted by molar-refractivity contribution is -0.0203. The predicted molar refractivity (Wildman–Crippen MR) is 66.8 cm³/mol. The van der Waals surface area contributed by atoms with Crippen LogP contribution in [0.4, 0.5) is 0 Å². The Bertz CT molecular complexity index is 360. The SMILES string of the molecule is CCOC(c1noc([C@@H](O)CCN)n1)C(C)(C)C. The van der Waals surface area contributed by atoms with E-state index in [2.05, 4.69) is 10.1 Å². The van der Waals surface area contributed by atoms with Crippen molar-refractivity contribution in [2.75, 3.05) is 13.2 Å². The third-order valence-corrected chi connectivity index (χ3v) is 2.54. The molecule has 0 saturated carbocycles. The molecule has 0 radical (unpaired) electrons. The van der Waals surface area contributed by atoms with Gasteiger partial charge in [-0.15, -0.1) is 0 Å². The normalized spacial score (nSPS) is 15.7. The molecular formula is C12H23N3O3. The van der Waals surface area contributed by atoms with Crippen LogP contribution in [0.25, 0.3) is 0 Å². The van der Waals surface area contributed by atoms with Crippen LogP contribution in [0.1, 0.15) is 58.0 Å². The van der Waals surface area contributed by atoms with Gasteiger partial charge in [0.05, 0.1) is 0 Å². The van der Waals surface area contributed by atoms with Crippen LogP contribution in [-0.2, 0) is 4.74 Å². The van der Waals surface area contributed by atoms with Gasteiger partial charge in [0.25, 0.3) is 5.89 Å². The van der Waals surface area contributed by atoms with E-state index in [4.69, 9.17) is 15.0 Å². The third kappa shape index (κ3) is 3.76. The quantitative estimate of drug-likeness (QED) is 0.803. The van der Waals surface area contributed by atoms with Crippen LogP contribution in [-0.4, -0.2) is 28.4 Å². The molecule has 1 unspecified atom stereocenters. The van der Waals surface area contributed by atoms with E-state index in [9.17, 15) is 5.11 Å². The van der Waals surface area contributed by atoms with Gasteiger partial charge in [-0.1, -0.05) is 25.9 Å². The smallest absolute Gasteiger partial charge is 0.255 e. The molecule has 0 aliphatic heterocycles. The van der Waals surface area contributed by atoms with Crippen LogP contribution in [0.2, 0.25) is 0 Å². The number of ether oxygens (including phenoxy) is 1. The van der Waals surface area contributed by atoms with Crippen LogP contribution in [0.15, 0.2) is 4.52 Å². The molecular weight excluding hydrogens is 234 g/mol. The molecule has 6 heteroatoms. The van der Waals surface area contributed by atoms with E-state index in [1.54, 1.807) is 0 Å². The Morgan fingerprint density at radius 2 is 2.11 bits per heavy atom. The van der Waals surface area contributed by atoms with Gasteiger partial charge in [0.2, 0.25) is 5.82 Å². The Morgan fingerprint density at radius 3 is 2.61 bits per heavy atom. The molecule has 1 aromatic heterocycles. The van der Waals surface area contributed by atoms with E-state index in [0.29, 0.717) is 25.4 Å². The number of aromatic nitrogens is 2. The van der Waals surface area contributed by atoms with Crippen LogP contribution in [0.5, 0.6) is 0 Å². The van der Waals surface area contributed by atoms with Crippen molar-refractivity contribution in [2.24, 2.45) is 11.1 Å². The number of hydrogen-bond donors (Lipinski definition) is 2. The molecule has 1 heterocycles. The number of aliphatic hydroxyl groups is 1. The van der Waals surface area contributed by atoms with Gasteiger partial charge in [-0.3, -0.25) is 0 Å². The van der Waals surface area contributed by atoms with Gasteiger partial charge in [0, 0.05) is 6.61 Å². The summed E-state index contributed by atoms with van der Waals surface area (Å²) < 4.78 is 10.7. The fourth-order valence-electron chi connectivity index (χ4n) is 1.65. The molecule has 6 nitrogen and oxygen atoms in total. The minimum atomic E-state index is -0.807. The summed E-state index contributed by atoms with van der Waals surface area (Å²) in [5.41, 5.74) is 5.23. The summed E-state index contributed by atoms with van der Waals surface area (Å²) in [7, 11) is 0. The number of rotatable bonds is 6. The van der Waals surface area contributed by atoms with E-state index in [0.717, 1.165) is 0 Å². The highest BCUT2D eigenvalue weighted by Crippen LogP contribution is 2.34. The van der Waals surface area contributed by atoms with E-state index in [1.807, 2.05) is 27.7 Å². The van der Waals surface area contributed by atoms with E-state index < -0.39 is 6.10 Å². The van der Waals surface area contributed by atoms with Crippen molar-refractivity contribution in [3.05, 3.63) is 11.7 Å². The van der Waals surface area contributed by atoms with Crippen molar-refractivity contribution >= 4 is 0 Å². The summed E-state index contributed by atoms with van der Waals surface area (Å²) in [5, 5.41) is 13.6. The van der Waals surface area contributed by atoms with Crippen molar-refractivity contribution in [1.29, 1.82) is 0 Å². The third-order valence-electron chi connectivity index (χ3n) is 2.54.